The summed E-state index contributed by atoms with van der Waals surface area (Å²) in [5.74, 6) is 0.175. The molecule has 2 aromatic carbocycles. The second kappa shape index (κ2) is 6.30. The Morgan fingerprint density at radius 3 is 2.48 bits per heavy atom. The third kappa shape index (κ3) is 3.09. The number of nitrogens with one attached hydrogen (secondary N) is 1. The number of nitrogens with zero attached hydrogens (tertiary/aromatic N) is 2. The van der Waals surface area contributed by atoms with E-state index in [1.165, 1.54) is 23.3 Å². The fourth-order valence-corrected chi connectivity index (χ4v) is 4.03. The molecular weight excluding hydrogens is 330 g/mol. The van der Waals surface area contributed by atoms with E-state index in [1.807, 2.05) is 26.1 Å². The maximum atomic E-state index is 12.5. The SMILES string of the molecule is Cc1ccc(SNc2ccc3c(c2)N(C2CC2)C(C)C(=O)N3C)cc1. The van der Waals surface area contributed by atoms with E-state index in [0.717, 1.165) is 17.1 Å². The van der Waals surface area contributed by atoms with Crippen molar-refractivity contribution in [3.63, 3.8) is 0 Å². The van der Waals surface area contributed by atoms with Crippen molar-refractivity contribution in [1.29, 1.82) is 0 Å². The zero-order valence-corrected chi connectivity index (χ0v) is 15.6. The second-order valence-electron chi connectivity index (χ2n) is 6.93. The highest BCUT2D eigenvalue weighted by Gasteiger charge is 2.41. The first-order valence-corrected chi connectivity index (χ1v) is 9.56. The van der Waals surface area contributed by atoms with Crippen LogP contribution in [0.25, 0.3) is 0 Å². The lowest BCUT2D eigenvalue weighted by molar-refractivity contribution is -0.119. The Morgan fingerprint density at radius 1 is 1.08 bits per heavy atom. The van der Waals surface area contributed by atoms with E-state index in [1.54, 1.807) is 16.8 Å². The molecule has 2 aliphatic rings. The summed E-state index contributed by atoms with van der Waals surface area (Å²) >= 11 is 1.61. The molecule has 25 heavy (non-hydrogen) atoms. The van der Waals surface area contributed by atoms with Gasteiger partial charge in [0.25, 0.3) is 0 Å². The Kier molecular flexibility index (Phi) is 4.12. The van der Waals surface area contributed by atoms with Gasteiger partial charge >= 0.3 is 0 Å². The van der Waals surface area contributed by atoms with Gasteiger partial charge in [-0.25, -0.2) is 0 Å². The predicted molar refractivity (Wildman–Crippen MR) is 105 cm³/mol. The third-order valence-electron chi connectivity index (χ3n) is 4.97. The van der Waals surface area contributed by atoms with Gasteiger partial charge in [-0.3, -0.25) is 4.79 Å². The Balaban J connectivity index is 1.59. The van der Waals surface area contributed by atoms with Crippen LogP contribution in [0.5, 0.6) is 0 Å². The maximum absolute atomic E-state index is 12.5. The molecule has 0 bridgehead atoms. The molecule has 130 valence electrons. The van der Waals surface area contributed by atoms with E-state index in [9.17, 15) is 4.79 Å². The van der Waals surface area contributed by atoms with Crippen molar-refractivity contribution in [3.05, 3.63) is 48.0 Å². The minimum Gasteiger partial charge on any atom is -0.355 e. The van der Waals surface area contributed by atoms with Gasteiger partial charge in [-0.1, -0.05) is 17.7 Å². The molecule has 4 nitrogen and oxygen atoms in total. The number of benzene rings is 2. The number of anilines is 3. The number of carbonyl (C=O) groups excluding carboxylic acids is 1. The Labute approximate surface area is 153 Å². The van der Waals surface area contributed by atoms with Gasteiger partial charge in [0.1, 0.15) is 6.04 Å². The van der Waals surface area contributed by atoms with Crippen molar-refractivity contribution in [1.82, 2.24) is 0 Å². The first-order valence-electron chi connectivity index (χ1n) is 8.74. The number of hydrogen-bond donors (Lipinski definition) is 1. The van der Waals surface area contributed by atoms with Crippen molar-refractivity contribution < 1.29 is 4.79 Å². The first kappa shape index (κ1) is 16.3. The maximum Gasteiger partial charge on any atom is 0.249 e. The Bertz CT molecular complexity index is 801. The van der Waals surface area contributed by atoms with Gasteiger partial charge in [-0.15, -0.1) is 0 Å². The van der Waals surface area contributed by atoms with Crippen LogP contribution in [0.15, 0.2) is 47.4 Å². The molecule has 1 saturated carbocycles. The summed E-state index contributed by atoms with van der Waals surface area (Å²) in [6, 6.07) is 15.2. The van der Waals surface area contributed by atoms with E-state index < -0.39 is 0 Å². The van der Waals surface area contributed by atoms with E-state index in [-0.39, 0.29) is 11.9 Å². The van der Waals surface area contributed by atoms with Crippen LogP contribution < -0.4 is 14.5 Å². The molecule has 1 aliphatic carbocycles. The van der Waals surface area contributed by atoms with Crippen molar-refractivity contribution >= 4 is 34.9 Å². The summed E-state index contributed by atoms with van der Waals surface area (Å²) in [6.45, 7) is 4.11. The van der Waals surface area contributed by atoms with Crippen LogP contribution in [-0.4, -0.2) is 25.0 Å². The Hall–Kier alpha value is -2.14. The highest BCUT2D eigenvalue weighted by Crippen LogP contribution is 2.43. The van der Waals surface area contributed by atoms with Gasteiger partial charge in [-0.2, -0.15) is 0 Å². The molecule has 0 aromatic heterocycles. The highest BCUT2D eigenvalue weighted by atomic mass is 32.2. The number of carbonyl (C=O) groups is 1. The fourth-order valence-electron chi connectivity index (χ4n) is 3.39. The van der Waals surface area contributed by atoms with Crippen LogP contribution in [0.1, 0.15) is 25.3 Å². The van der Waals surface area contributed by atoms with Gasteiger partial charge in [0.15, 0.2) is 0 Å². The molecule has 0 radical (unpaired) electrons. The average molecular weight is 353 g/mol. The van der Waals surface area contributed by atoms with Crippen molar-refractivity contribution in [2.24, 2.45) is 0 Å². The number of fused-ring (bicyclic) bond motifs is 1. The predicted octanol–water partition coefficient (Wildman–Crippen LogP) is 4.45. The van der Waals surface area contributed by atoms with Crippen LogP contribution in [0.2, 0.25) is 0 Å². The van der Waals surface area contributed by atoms with Gasteiger partial charge in [0, 0.05) is 23.7 Å². The second-order valence-corrected chi connectivity index (χ2v) is 7.81. The van der Waals surface area contributed by atoms with Crippen molar-refractivity contribution in [2.45, 2.75) is 43.7 Å². The largest absolute Gasteiger partial charge is 0.355 e. The molecule has 1 aliphatic heterocycles. The molecule has 1 heterocycles. The molecule has 1 atom stereocenters. The number of amides is 1. The molecular formula is C20H23N3OS. The smallest absolute Gasteiger partial charge is 0.249 e. The summed E-state index contributed by atoms with van der Waals surface area (Å²) in [6.07, 6.45) is 2.35. The molecule has 4 rings (SSSR count). The van der Waals surface area contributed by atoms with Crippen LogP contribution in [0, 0.1) is 6.92 Å². The summed E-state index contributed by atoms with van der Waals surface area (Å²) in [4.78, 5) is 17.8. The highest BCUT2D eigenvalue weighted by molar-refractivity contribution is 8.00. The third-order valence-corrected chi connectivity index (χ3v) is 5.81. The molecule has 1 fully saturated rings. The number of likely N-dealkylation sites (N-methyl/N-ethyl adjacent to an activating group) is 1. The van der Waals surface area contributed by atoms with Crippen molar-refractivity contribution in [2.75, 3.05) is 21.6 Å². The lowest BCUT2D eigenvalue weighted by atomic mass is 10.1. The lowest BCUT2D eigenvalue weighted by Crippen LogP contribution is -2.51. The normalized spacial score (nSPS) is 19.8. The molecule has 2 aromatic rings. The molecule has 1 amide bonds. The molecule has 0 spiro atoms. The standard InChI is InChI=1S/C20H23N3OS/c1-13-4-9-17(10-5-13)25-21-15-6-11-18-19(12-15)23(16-7-8-16)14(2)20(24)22(18)3/h4-6,9-12,14,16,21H,7-8H2,1-3H3. The lowest BCUT2D eigenvalue weighted by Gasteiger charge is -2.40. The molecule has 5 heteroatoms. The summed E-state index contributed by atoms with van der Waals surface area (Å²) < 4.78 is 3.44. The van der Waals surface area contributed by atoms with Gasteiger partial charge in [0.05, 0.1) is 11.4 Å². The quantitative estimate of drug-likeness (QED) is 0.824. The van der Waals surface area contributed by atoms with E-state index in [2.05, 4.69) is 46.9 Å². The fraction of sp³-hybridized carbons (Fsp3) is 0.350. The van der Waals surface area contributed by atoms with Gasteiger partial charge in [-0.05, 0) is 69.0 Å². The monoisotopic (exact) mass is 353 g/mol. The molecule has 0 saturated heterocycles. The van der Waals surface area contributed by atoms with Crippen LogP contribution in [0.3, 0.4) is 0 Å². The van der Waals surface area contributed by atoms with Gasteiger partial charge in [0.2, 0.25) is 5.91 Å². The van der Waals surface area contributed by atoms with Crippen LogP contribution in [0.4, 0.5) is 17.1 Å². The Morgan fingerprint density at radius 2 is 1.80 bits per heavy atom. The minimum atomic E-state index is -0.0926. The first-order chi connectivity index (χ1) is 12.0. The van der Waals surface area contributed by atoms with Gasteiger partial charge < -0.3 is 14.5 Å². The zero-order chi connectivity index (χ0) is 17.6. The minimum absolute atomic E-state index is 0.0926. The number of hydrogen-bond acceptors (Lipinski definition) is 4. The molecule has 1 N–H and O–H groups in total. The summed E-state index contributed by atoms with van der Waals surface area (Å²) in [7, 11) is 1.87. The average Bonchev–Trinajstić information content (AvgIpc) is 3.44. The van der Waals surface area contributed by atoms with Crippen LogP contribution in [-0.2, 0) is 4.79 Å². The van der Waals surface area contributed by atoms with E-state index in [0.29, 0.717) is 6.04 Å². The zero-order valence-electron chi connectivity index (χ0n) is 14.8. The van der Waals surface area contributed by atoms with E-state index in [4.69, 9.17) is 0 Å². The van der Waals surface area contributed by atoms with Crippen molar-refractivity contribution in [3.8, 4) is 0 Å². The molecule has 1 unspecified atom stereocenters. The van der Waals surface area contributed by atoms with Crippen LogP contribution >= 0.6 is 11.9 Å². The summed E-state index contributed by atoms with van der Waals surface area (Å²) in [5, 5.41) is 0. The number of aryl methyl sites for hydroxylation is 1. The van der Waals surface area contributed by atoms with E-state index >= 15 is 0 Å². The number of rotatable bonds is 4. The topological polar surface area (TPSA) is 35.6 Å². The summed E-state index contributed by atoms with van der Waals surface area (Å²) in [5.41, 5.74) is 4.48.